The van der Waals surface area contributed by atoms with Crippen LogP contribution in [0.2, 0.25) is 0 Å². The minimum Gasteiger partial charge on any atom is -0.504 e. The van der Waals surface area contributed by atoms with Gasteiger partial charge in [0.1, 0.15) is 16.1 Å². The highest BCUT2D eigenvalue weighted by atomic mass is 79.9. The number of carbonyl (C=O) groups excluding carboxylic acids is 1. The lowest BCUT2D eigenvalue weighted by molar-refractivity contribution is 0.0942. The number of rotatable bonds is 5. The number of carbonyl (C=O) groups is 1. The molecule has 1 aromatic heterocycles. The maximum absolute atomic E-state index is 13.2. The van der Waals surface area contributed by atoms with Gasteiger partial charge in [-0.15, -0.1) is 0 Å². The Balaban J connectivity index is 2.30. The number of hydrogen-bond donors (Lipinski definition) is 2. The lowest BCUT2D eigenvalue weighted by Gasteiger charge is -2.11. The SMILES string of the molecule is C=Cc1c(Br)nc(C(=O)NCc2cccc(F)c2)c(O)c1N=CC. The Labute approximate surface area is 147 Å². The molecule has 24 heavy (non-hydrogen) atoms. The first-order valence-electron chi connectivity index (χ1n) is 7.04. The number of pyridine rings is 1. The molecule has 5 nitrogen and oxygen atoms in total. The van der Waals surface area contributed by atoms with Gasteiger partial charge in [-0.1, -0.05) is 24.8 Å². The molecule has 0 aliphatic carbocycles. The molecule has 0 atom stereocenters. The van der Waals surface area contributed by atoms with E-state index >= 15 is 0 Å². The van der Waals surface area contributed by atoms with Crippen LogP contribution in [0.1, 0.15) is 28.5 Å². The van der Waals surface area contributed by atoms with E-state index in [1.807, 2.05) is 0 Å². The Hall–Kier alpha value is -2.54. The van der Waals surface area contributed by atoms with Crippen LogP contribution in [0, 0.1) is 5.82 Å². The third kappa shape index (κ3) is 3.86. The minimum atomic E-state index is -0.597. The van der Waals surface area contributed by atoms with Crippen LogP contribution >= 0.6 is 15.9 Å². The lowest BCUT2D eigenvalue weighted by atomic mass is 10.1. The zero-order chi connectivity index (χ0) is 17.7. The van der Waals surface area contributed by atoms with E-state index in [0.717, 1.165) is 0 Å². The number of benzene rings is 1. The monoisotopic (exact) mass is 391 g/mol. The highest BCUT2D eigenvalue weighted by Gasteiger charge is 2.21. The Morgan fingerprint density at radius 1 is 1.54 bits per heavy atom. The van der Waals surface area contributed by atoms with E-state index in [9.17, 15) is 14.3 Å². The van der Waals surface area contributed by atoms with Gasteiger partial charge in [-0.3, -0.25) is 9.79 Å². The molecule has 0 bridgehead atoms. The molecule has 2 rings (SSSR count). The molecule has 0 radical (unpaired) electrons. The smallest absolute Gasteiger partial charge is 0.274 e. The van der Waals surface area contributed by atoms with Gasteiger partial charge in [0.25, 0.3) is 5.91 Å². The number of aliphatic imine (C=N–C) groups is 1. The first-order chi connectivity index (χ1) is 11.5. The topological polar surface area (TPSA) is 74.6 Å². The third-order valence-electron chi connectivity index (χ3n) is 3.16. The van der Waals surface area contributed by atoms with E-state index in [0.29, 0.717) is 15.7 Å². The molecule has 2 N–H and O–H groups in total. The van der Waals surface area contributed by atoms with Crippen molar-refractivity contribution in [2.75, 3.05) is 0 Å². The van der Waals surface area contributed by atoms with E-state index in [-0.39, 0.29) is 29.5 Å². The van der Waals surface area contributed by atoms with E-state index in [1.54, 1.807) is 19.1 Å². The predicted octanol–water partition coefficient (Wildman–Crippen LogP) is 3.98. The van der Waals surface area contributed by atoms with E-state index < -0.39 is 5.91 Å². The molecule has 124 valence electrons. The second kappa shape index (κ2) is 7.83. The molecule has 7 heteroatoms. The summed E-state index contributed by atoms with van der Waals surface area (Å²) >= 11 is 3.24. The van der Waals surface area contributed by atoms with Gasteiger partial charge in [-0.05, 0) is 40.5 Å². The van der Waals surface area contributed by atoms with Gasteiger partial charge in [0.05, 0.1) is 0 Å². The fourth-order valence-corrected chi connectivity index (χ4v) is 2.59. The van der Waals surface area contributed by atoms with Crippen molar-refractivity contribution in [1.29, 1.82) is 0 Å². The molecule has 0 saturated heterocycles. The van der Waals surface area contributed by atoms with Crippen molar-refractivity contribution in [3.05, 3.63) is 58.1 Å². The Bertz CT molecular complexity index is 822. The number of hydrogen-bond acceptors (Lipinski definition) is 4. The normalized spacial score (nSPS) is 10.8. The molecule has 2 aromatic rings. The summed E-state index contributed by atoms with van der Waals surface area (Å²) in [5.74, 6) is -1.33. The number of nitrogens with zero attached hydrogens (tertiary/aromatic N) is 2. The first kappa shape index (κ1) is 17.8. The summed E-state index contributed by atoms with van der Waals surface area (Å²) in [5.41, 5.74) is 1.10. The van der Waals surface area contributed by atoms with Crippen LogP contribution in [-0.2, 0) is 6.54 Å². The molecular formula is C17H15BrFN3O2. The molecule has 1 aromatic carbocycles. The molecule has 0 unspecified atom stereocenters. The minimum absolute atomic E-state index is 0.102. The molecule has 0 aliphatic heterocycles. The molecule has 0 fully saturated rings. The van der Waals surface area contributed by atoms with Crippen molar-refractivity contribution in [2.24, 2.45) is 4.99 Å². The van der Waals surface area contributed by atoms with Crippen LogP contribution < -0.4 is 5.32 Å². The lowest BCUT2D eigenvalue weighted by Crippen LogP contribution is -2.24. The van der Waals surface area contributed by atoms with Gasteiger partial charge in [-0.2, -0.15) is 0 Å². The second-order valence-electron chi connectivity index (χ2n) is 4.77. The van der Waals surface area contributed by atoms with Crippen LogP contribution in [-0.4, -0.2) is 22.2 Å². The molecule has 1 heterocycles. The number of aromatic nitrogens is 1. The quantitative estimate of drug-likeness (QED) is 0.597. The number of aromatic hydroxyl groups is 1. The third-order valence-corrected chi connectivity index (χ3v) is 3.76. The van der Waals surface area contributed by atoms with Gasteiger partial charge in [0.15, 0.2) is 11.4 Å². The van der Waals surface area contributed by atoms with E-state index in [2.05, 4.69) is 37.8 Å². The highest BCUT2D eigenvalue weighted by Crippen LogP contribution is 2.37. The molecule has 0 saturated carbocycles. The number of amides is 1. The van der Waals surface area contributed by atoms with Crippen molar-refractivity contribution in [1.82, 2.24) is 10.3 Å². The Morgan fingerprint density at radius 3 is 2.92 bits per heavy atom. The van der Waals surface area contributed by atoms with Gasteiger partial charge in [0, 0.05) is 18.3 Å². The number of halogens is 2. The van der Waals surface area contributed by atoms with E-state index in [1.165, 1.54) is 24.4 Å². The van der Waals surface area contributed by atoms with Crippen molar-refractivity contribution in [3.63, 3.8) is 0 Å². The first-order valence-corrected chi connectivity index (χ1v) is 7.83. The molecule has 0 aliphatic rings. The van der Waals surface area contributed by atoms with Crippen LogP contribution in [0.15, 0.2) is 40.4 Å². The highest BCUT2D eigenvalue weighted by molar-refractivity contribution is 9.10. The summed E-state index contributed by atoms with van der Waals surface area (Å²) in [7, 11) is 0. The van der Waals surface area contributed by atoms with Gasteiger partial charge < -0.3 is 10.4 Å². The zero-order valence-corrected chi connectivity index (χ0v) is 14.5. The molecular weight excluding hydrogens is 377 g/mol. The Morgan fingerprint density at radius 2 is 2.29 bits per heavy atom. The molecule has 0 spiro atoms. The fourth-order valence-electron chi connectivity index (χ4n) is 2.06. The number of nitrogens with one attached hydrogen (secondary N) is 1. The van der Waals surface area contributed by atoms with Crippen LogP contribution in [0.3, 0.4) is 0 Å². The summed E-state index contributed by atoms with van der Waals surface area (Å²) < 4.78 is 13.5. The second-order valence-corrected chi connectivity index (χ2v) is 5.52. The average molecular weight is 392 g/mol. The van der Waals surface area contributed by atoms with Gasteiger partial charge >= 0.3 is 0 Å². The van der Waals surface area contributed by atoms with Gasteiger partial charge in [-0.25, -0.2) is 9.37 Å². The van der Waals surface area contributed by atoms with Crippen LogP contribution in [0.25, 0.3) is 6.08 Å². The Kier molecular flexibility index (Phi) is 5.81. The standard InChI is InChI=1S/C17H15BrFN3O2/c1-3-12-13(20-4-2)15(23)14(22-16(12)18)17(24)21-9-10-6-5-7-11(19)8-10/h3-8,23H,1,9H2,2H3,(H,21,24). The summed E-state index contributed by atoms with van der Waals surface area (Å²) in [6, 6.07) is 5.87. The van der Waals surface area contributed by atoms with Crippen molar-refractivity contribution in [3.8, 4) is 5.75 Å². The summed E-state index contributed by atoms with van der Waals surface area (Å²) in [6.45, 7) is 5.43. The summed E-state index contributed by atoms with van der Waals surface area (Å²) in [5, 5.41) is 12.9. The zero-order valence-electron chi connectivity index (χ0n) is 12.9. The molecule has 1 amide bonds. The van der Waals surface area contributed by atoms with Crippen LogP contribution in [0.4, 0.5) is 10.1 Å². The average Bonchev–Trinajstić information content (AvgIpc) is 2.56. The predicted molar refractivity (Wildman–Crippen MR) is 95.1 cm³/mol. The maximum Gasteiger partial charge on any atom is 0.274 e. The van der Waals surface area contributed by atoms with Crippen molar-refractivity contribution >= 4 is 39.8 Å². The van der Waals surface area contributed by atoms with Crippen molar-refractivity contribution in [2.45, 2.75) is 13.5 Å². The fraction of sp³-hybridized carbons (Fsp3) is 0.118. The maximum atomic E-state index is 13.2. The summed E-state index contributed by atoms with van der Waals surface area (Å²) in [6.07, 6.45) is 2.97. The van der Waals surface area contributed by atoms with E-state index in [4.69, 9.17) is 0 Å². The largest absolute Gasteiger partial charge is 0.504 e. The summed E-state index contributed by atoms with van der Waals surface area (Å²) in [4.78, 5) is 20.4. The van der Waals surface area contributed by atoms with Gasteiger partial charge in [0.2, 0.25) is 0 Å². The van der Waals surface area contributed by atoms with Crippen molar-refractivity contribution < 1.29 is 14.3 Å². The van der Waals surface area contributed by atoms with Crippen LogP contribution in [0.5, 0.6) is 5.75 Å².